The van der Waals surface area contributed by atoms with E-state index < -0.39 is 0 Å². The zero-order valence-electron chi connectivity index (χ0n) is 10.9. The fraction of sp³-hybridized carbons (Fsp3) is 0.0667. The summed E-state index contributed by atoms with van der Waals surface area (Å²) < 4.78 is 6.30. The van der Waals surface area contributed by atoms with Crippen LogP contribution < -0.4 is 5.73 Å². The zero-order valence-corrected chi connectivity index (χ0v) is 13.2. The summed E-state index contributed by atoms with van der Waals surface area (Å²) in [5.41, 5.74) is 8.12. The van der Waals surface area contributed by atoms with Gasteiger partial charge in [-0.3, -0.25) is 0 Å². The molecule has 2 N–H and O–H groups in total. The molecule has 106 valence electrons. The molecule has 21 heavy (non-hydrogen) atoms. The van der Waals surface area contributed by atoms with Gasteiger partial charge in [-0.15, -0.1) is 0 Å². The van der Waals surface area contributed by atoms with Crippen LogP contribution in [0.15, 0.2) is 51.5 Å². The maximum atomic E-state index is 5.90. The molecule has 0 amide bonds. The molecule has 0 atom stereocenters. The lowest BCUT2D eigenvalue weighted by molar-refractivity contribution is 0.424. The minimum absolute atomic E-state index is 0.431. The van der Waals surface area contributed by atoms with Gasteiger partial charge in [0.15, 0.2) is 5.82 Å². The average Bonchev–Trinajstić information content (AvgIpc) is 2.93. The fourth-order valence-electron chi connectivity index (χ4n) is 1.93. The van der Waals surface area contributed by atoms with Crippen molar-refractivity contribution in [3.63, 3.8) is 0 Å². The maximum Gasteiger partial charge on any atom is 0.258 e. The third-order valence-electron chi connectivity index (χ3n) is 3.02. The third-order valence-corrected chi connectivity index (χ3v) is 4.14. The minimum atomic E-state index is 0.431. The smallest absolute Gasteiger partial charge is 0.258 e. The third kappa shape index (κ3) is 3.09. The Balaban J connectivity index is 1.86. The monoisotopic (exact) mass is 363 g/mol. The quantitative estimate of drug-likeness (QED) is 0.703. The number of nitrogens with two attached hydrogens (primary N) is 1. The number of halogens is 2. The largest absolute Gasteiger partial charge is 0.398 e. The normalized spacial score (nSPS) is 10.8. The number of benzene rings is 2. The number of nitrogens with zero attached hydrogens (tertiary/aromatic N) is 2. The van der Waals surface area contributed by atoms with E-state index >= 15 is 0 Å². The van der Waals surface area contributed by atoms with Gasteiger partial charge in [0, 0.05) is 16.5 Å². The van der Waals surface area contributed by atoms with E-state index in [0.29, 0.717) is 28.8 Å². The number of hydrogen-bond donors (Lipinski definition) is 1. The first-order valence-electron chi connectivity index (χ1n) is 6.25. The second kappa shape index (κ2) is 5.87. The van der Waals surface area contributed by atoms with Crippen LogP contribution in [0, 0.1) is 0 Å². The molecule has 0 saturated heterocycles. The van der Waals surface area contributed by atoms with E-state index in [9.17, 15) is 0 Å². The molecule has 1 heterocycles. The fourth-order valence-corrected chi connectivity index (χ4v) is 2.47. The van der Waals surface area contributed by atoms with Crippen molar-refractivity contribution in [1.29, 1.82) is 0 Å². The number of hydrogen-bond acceptors (Lipinski definition) is 4. The SMILES string of the molecule is Nc1cc(-c2nc(Cc3ccccc3Br)no2)ccc1Cl. The highest BCUT2D eigenvalue weighted by molar-refractivity contribution is 9.10. The van der Waals surface area contributed by atoms with Crippen LogP contribution in [0.3, 0.4) is 0 Å². The first-order valence-corrected chi connectivity index (χ1v) is 7.42. The highest BCUT2D eigenvalue weighted by atomic mass is 79.9. The van der Waals surface area contributed by atoms with Crippen LogP contribution in [0.4, 0.5) is 5.69 Å². The molecule has 2 aromatic carbocycles. The average molecular weight is 365 g/mol. The number of nitrogen functional groups attached to an aromatic ring is 1. The Morgan fingerprint density at radius 3 is 2.76 bits per heavy atom. The van der Waals surface area contributed by atoms with Gasteiger partial charge in [0.2, 0.25) is 0 Å². The highest BCUT2D eigenvalue weighted by Gasteiger charge is 2.11. The van der Waals surface area contributed by atoms with E-state index in [4.69, 9.17) is 21.9 Å². The molecular weight excluding hydrogens is 354 g/mol. The van der Waals surface area contributed by atoms with E-state index in [1.807, 2.05) is 24.3 Å². The molecule has 3 rings (SSSR count). The Morgan fingerprint density at radius 2 is 2.00 bits per heavy atom. The van der Waals surface area contributed by atoms with Crippen molar-refractivity contribution in [2.45, 2.75) is 6.42 Å². The summed E-state index contributed by atoms with van der Waals surface area (Å²) in [6.07, 6.45) is 0.591. The second-order valence-corrected chi connectivity index (χ2v) is 5.78. The first kappa shape index (κ1) is 14.1. The predicted molar refractivity (Wildman–Crippen MR) is 86.1 cm³/mol. The Labute approximate surface area is 135 Å². The molecule has 0 radical (unpaired) electrons. The van der Waals surface area contributed by atoms with E-state index in [1.165, 1.54) is 0 Å². The molecule has 0 aliphatic rings. The van der Waals surface area contributed by atoms with Crippen LogP contribution in [-0.4, -0.2) is 10.1 Å². The molecule has 0 spiro atoms. The van der Waals surface area contributed by atoms with Crippen molar-refractivity contribution >= 4 is 33.2 Å². The Morgan fingerprint density at radius 1 is 1.19 bits per heavy atom. The molecule has 0 fully saturated rings. The van der Waals surface area contributed by atoms with Crippen LogP contribution in [0.1, 0.15) is 11.4 Å². The summed E-state index contributed by atoms with van der Waals surface area (Å²) in [5.74, 6) is 1.05. The van der Waals surface area contributed by atoms with Crippen LogP contribution in [0.25, 0.3) is 11.5 Å². The second-order valence-electron chi connectivity index (χ2n) is 4.52. The first-order chi connectivity index (χ1) is 10.1. The van der Waals surface area contributed by atoms with Gasteiger partial charge in [-0.25, -0.2) is 0 Å². The molecule has 0 saturated carbocycles. The lowest BCUT2D eigenvalue weighted by Gasteiger charge is -2.00. The van der Waals surface area contributed by atoms with Crippen LogP contribution in [0.2, 0.25) is 5.02 Å². The molecule has 0 bridgehead atoms. The van der Waals surface area contributed by atoms with E-state index in [2.05, 4.69) is 26.1 Å². The van der Waals surface area contributed by atoms with E-state index in [0.717, 1.165) is 15.6 Å². The van der Waals surface area contributed by atoms with E-state index in [-0.39, 0.29) is 0 Å². The van der Waals surface area contributed by atoms with Crippen molar-refractivity contribution in [3.8, 4) is 11.5 Å². The van der Waals surface area contributed by atoms with Gasteiger partial charge in [-0.05, 0) is 29.8 Å². The minimum Gasteiger partial charge on any atom is -0.398 e. The van der Waals surface area contributed by atoms with Gasteiger partial charge >= 0.3 is 0 Å². The molecular formula is C15H11BrClN3O. The Kier molecular flexibility index (Phi) is 3.94. The Bertz CT molecular complexity index is 788. The standard InChI is InChI=1S/C15H11BrClN3O/c16-11-4-2-1-3-9(11)8-14-19-15(21-20-14)10-5-6-12(17)13(18)7-10/h1-7H,8,18H2. The lowest BCUT2D eigenvalue weighted by atomic mass is 10.1. The Hall–Kier alpha value is -1.85. The van der Waals surface area contributed by atoms with Crippen LogP contribution in [0.5, 0.6) is 0 Å². The number of aromatic nitrogens is 2. The van der Waals surface area contributed by atoms with Gasteiger partial charge in [0.05, 0.1) is 10.7 Å². The predicted octanol–water partition coefficient (Wildman–Crippen LogP) is 4.33. The molecule has 0 unspecified atom stereocenters. The summed E-state index contributed by atoms with van der Waals surface area (Å²) in [4.78, 5) is 4.39. The van der Waals surface area contributed by atoms with Gasteiger partial charge in [0.25, 0.3) is 5.89 Å². The number of anilines is 1. The molecule has 0 aliphatic heterocycles. The molecule has 0 aliphatic carbocycles. The molecule has 3 aromatic rings. The zero-order chi connectivity index (χ0) is 14.8. The summed E-state index contributed by atoms with van der Waals surface area (Å²) in [6, 6.07) is 13.2. The van der Waals surface area contributed by atoms with Gasteiger partial charge in [0.1, 0.15) is 0 Å². The van der Waals surface area contributed by atoms with Crippen molar-refractivity contribution in [2.24, 2.45) is 0 Å². The summed E-state index contributed by atoms with van der Waals surface area (Å²) in [5, 5.41) is 4.51. The number of rotatable bonds is 3. The van der Waals surface area contributed by atoms with Crippen LogP contribution in [-0.2, 0) is 6.42 Å². The molecule has 1 aromatic heterocycles. The lowest BCUT2D eigenvalue weighted by Crippen LogP contribution is -1.92. The maximum absolute atomic E-state index is 5.90. The molecule has 6 heteroatoms. The van der Waals surface area contributed by atoms with Crippen molar-refractivity contribution in [3.05, 3.63) is 63.3 Å². The van der Waals surface area contributed by atoms with Crippen LogP contribution >= 0.6 is 27.5 Å². The van der Waals surface area contributed by atoms with Gasteiger partial charge < -0.3 is 10.3 Å². The topological polar surface area (TPSA) is 64.9 Å². The summed E-state index contributed by atoms with van der Waals surface area (Å²) in [6.45, 7) is 0. The molecule has 4 nitrogen and oxygen atoms in total. The van der Waals surface area contributed by atoms with Crippen molar-refractivity contribution in [1.82, 2.24) is 10.1 Å². The van der Waals surface area contributed by atoms with Gasteiger partial charge in [-0.2, -0.15) is 4.98 Å². The highest BCUT2D eigenvalue weighted by Crippen LogP contribution is 2.26. The summed E-state index contributed by atoms with van der Waals surface area (Å²) in [7, 11) is 0. The van der Waals surface area contributed by atoms with Crippen molar-refractivity contribution < 1.29 is 4.52 Å². The van der Waals surface area contributed by atoms with E-state index in [1.54, 1.807) is 18.2 Å². The van der Waals surface area contributed by atoms with Gasteiger partial charge in [-0.1, -0.05) is 50.9 Å². The van der Waals surface area contributed by atoms with Crippen molar-refractivity contribution in [2.75, 3.05) is 5.73 Å². The summed E-state index contributed by atoms with van der Waals surface area (Å²) >= 11 is 9.41.